The van der Waals surface area contributed by atoms with Crippen molar-refractivity contribution in [2.45, 2.75) is 5.92 Å². The van der Waals surface area contributed by atoms with E-state index in [0.29, 0.717) is 16.5 Å². The van der Waals surface area contributed by atoms with E-state index in [2.05, 4.69) is 4.98 Å². The number of rotatable bonds is 3. The molecule has 4 rings (SSSR count). The van der Waals surface area contributed by atoms with Gasteiger partial charge in [0.25, 0.3) is 5.56 Å². The number of benzene rings is 2. The third-order valence-corrected chi connectivity index (χ3v) is 4.92. The molecule has 4 N–H and O–H groups in total. The summed E-state index contributed by atoms with van der Waals surface area (Å²) >= 11 is 0. The van der Waals surface area contributed by atoms with Gasteiger partial charge in [0.05, 0.1) is 31.2 Å². The van der Waals surface area contributed by atoms with Crippen molar-refractivity contribution in [3.63, 3.8) is 0 Å². The molecule has 0 spiro atoms. The quantitative estimate of drug-likeness (QED) is 0.625. The van der Waals surface area contributed by atoms with Gasteiger partial charge in [-0.05, 0) is 29.8 Å². The van der Waals surface area contributed by atoms with Crippen LogP contribution >= 0.6 is 0 Å². The number of aromatic hydroxyl groups is 1. The predicted octanol–water partition coefficient (Wildman–Crippen LogP) is 2.47. The first-order valence-electron chi connectivity index (χ1n) is 8.67. The molecule has 0 saturated heterocycles. The highest BCUT2D eigenvalue weighted by atomic mass is 16.5. The first-order chi connectivity index (χ1) is 14.0. The van der Waals surface area contributed by atoms with E-state index < -0.39 is 11.5 Å². The number of phenols is 1. The van der Waals surface area contributed by atoms with Gasteiger partial charge in [-0.3, -0.25) is 4.79 Å². The van der Waals surface area contributed by atoms with Crippen molar-refractivity contribution in [1.29, 1.82) is 5.26 Å². The lowest BCUT2D eigenvalue weighted by molar-refractivity contribution is 0.338. The predicted molar refractivity (Wildman–Crippen MR) is 105 cm³/mol. The zero-order valence-electron chi connectivity index (χ0n) is 15.6. The van der Waals surface area contributed by atoms with Crippen molar-refractivity contribution in [1.82, 2.24) is 4.98 Å². The van der Waals surface area contributed by atoms with E-state index in [-0.39, 0.29) is 40.0 Å². The van der Waals surface area contributed by atoms with Crippen LogP contribution in [0.4, 0.5) is 0 Å². The van der Waals surface area contributed by atoms with E-state index in [1.807, 2.05) is 12.1 Å². The molecule has 1 aliphatic rings. The molecule has 0 aliphatic carbocycles. The maximum atomic E-state index is 13.0. The molecule has 0 saturated carbocycles. The van der Waals surface area contributed by atoms with Crippen LogP contribution in [0.3, 0.4) is 0 Å². The molecule has 2 heterocycles. The summed E-state index contributed by atoms with van der Waals surface area (Å²) < 4.78 is 16.2. The summed E-state index contributed by atoms with van der Waals surface area (Å²) in [5.41, 5.74) is 7.04. The van der Waals surface area contributed by atoms with Gasteiger partial charge in [-0.25, -0.2) is 0 Å². The summed E-state index contributed by atoms with van der Waals surface area (Å²) in [5.74, 6) is -0.543. The minimum absolute atomic E-state index is 0.0769. The van der Waals surface area contributed by atoms with Gasteiger partial charge in [0.1, 0.15) is 17.4 Å². The van der Waals surface area contributed by atoms with Gasteiger partial charge in [-0.1, -0.05) is 12.1 Å². The highest BCUT2D eigenvalue weighted by molar-refractivity contribution is 5.87. The van der Waals surface area contributed by atoms with E-state index in [1.54, 1.807) is 18.2 Å². The largest absolute Gasteiger partial charge is 0.502 e. The highest BCUT2D eigenvalue weighted by Gasteiger charge is 2.35. The monoisotopic (exact) mass is 391 g/mol. The number of fused-ring (bicyclic) bond motifs is 3. The van der Waals surface area contributed by atoms with Crippen LogP contribution in [0.5, 0.6) is 23.0 Å². The summed E-state index contributed by atoms with van der Waals surface area (Å²) in [6.45, 7) is 0. The number of aromatic nitrogens is 1. The molecule has 8 heteroatoms. The lowest BCUT2D eigenvalue weighted by Crippen LogP contribution is -2.27. The van der Waals surface area contributed by atoms with Crippen molar-refractivity contribution >= 4 is 10.9 Å². The van der Waals surface area contributed by atoms with Crippen LogP contribution in [0.25, 0.3) is 10.9 Å². The second-order valence-electron chi connectivity index (χ2n) is 6.44. The topological polar surface area (TPSA) is 131 Å². The number of nitriles is 1. The molecule has 0 fully saturated rings. The van der Waals surface area contributed by atoms with Gasteiger partial charge in [0.15, 0.2) is 11.5 Å². The highest BCUT2D eigenvalue weighted by Crippen LogP contribution is 2.46. The normalized spacial score (nSPS) is 15.4. The summed E-state index contributed by atoms with van der Waals surface area (Å²) in [5, 5.41) is 20.6. The Labute approximate surface area is 165 Å². The minimum atomic E-state index is -0.833. The Balaban J connectivity index is 2.08. The number of nitrogens with two attached hydrogens (primary N) is 1. The molecule has 2 aromatic carbocycles. The molecular formula is C21H17N3O5. The third kappa shape index (κ3) is 2.72. The maximum Gasteiger partial charge on any atom is 0.256 e. The second kappa shape index (κ2) is 6.80. The first kappa shape index (κ1) is 18.3. The zero-order valence-corrected chi connectivity index (χ0v) is 15.6. The molecule has 0 unspecified atom stereocenters. The van der Waals surface area contributed by atoms with Crippen LogP contribution in [-0.2, 0) is 0 Å². The van der Waals surface area contributed by atoms with Gasteiger partial charge in [-0.2, -0.15) is 5.26 Å². The van der Waals surface area contributed by atoms with Crippen LogP contribution < -0.4 is 25.5 Å². The molecule has 1 atom stereocenters. The van der Waals surface area contributed by atoms with Gasteiger partial charge in [0, 0.05) is 5.39 Å². The number of hydrogen-bond donors (Lipinski definition) is 3. The molecule has 29 heavy (non-hydrogen) atoms. The van der Waals surface area contributed by atoms with Gasteiger partial charge in [-0.15, -0.1) is 0 Å². The fraction of sp³-hybridized carbons (Fsp3) is 0.143. The van der Waals surface area contributed by atoms with Crippen LogP contribution in [0.2, 0.25) is 0 Å². The Morgan fingerprint density at radius 1 is 1.21 bits per heavy atom. The lowest BCUT2D eigenvalue weighted by Gasteiger charge is -2.27. The minimum Gasteiger partial charge on any atom is -0.502 e. The number of para-hydroxylation sites is 1. The number of methoxy groups -OCH3 is 2. The standard InChI is InChI=1S/C21H17N3O5/c1-27-14-7-10(8-15(28-2)18(14)25)16-12(9-22)20(23)29-19-11-5-3-4-6-13(11)24-21(26)17(16)19/h3-8,16,25H,23H2,1-2H3,(H,24,26)/t16-/m1/s1. The van der Waals surface area contributed by atoms with E-state index >= 15 is 0 Å². The summed E-state index contributed by atoms with van der Waals surface area (Å²) in [7, 11) is 2.79. The zero-order chi connectivity index (χ0) is 20.7. The molecule has 0 bridgehead atoms. The van der Waals surface area contributed by atoms with E-state index in [1.165, 1.54) is 26.4 Å². The fourth-order valence-electron chi connectivity index (χ4n) is 3.59. The lowest BCUT2D eigenvalue weighted by atomic mass is 9.83. The molecule has 3 aromatic rings. The summed E-state index contributed by atoms with van der Waals surface area (Å²) in [6.07, 6.45) is 0. The molecule has 0 radical (unpaired) electrons. The SMILES string of the molecule is COc1cc([C@@H]2C(C#N)=C(N)Oc3c2c(=O)[nH]c2ccccc32)cc(OC)c1O. The Bertz CT molecular complexity index is 1240. The average molecular weight is 391 g/mol. The molecule has 0 amide bonds. The second-order valence-corrected chi connectivity index (χ2v) is 6.44. The molecule has 1 aromatic heterocycles. The maximum absolute atomic E-state index is 13.0. The van der Waals surface area contributed by atoms with Crippen molar-refractivity contribution in [3.05, 3.63) is 69.3 Å². The molecule has 146 valence electrons. The fourth-order valence-corrected chi connectivity index (χ4v) is 3.59. The molecule has 1 aliphatic heterocycles. The number of aromatic amines is 1. The number of H-pyrrole nitrogens is 1. The Morgan fingerprint density at radius 3 is 2.48 bits per heavy atom. The number of hydrogen-bond acceptors (Lipinski definition) is 7. The first-order valence-corrected chi connectivity index (χ1v) is 8.67. The van der Waals surface area contributed by atoms with E-state index in [9.17, 15) is 15.2 Å². The summed E-state index contributed by atoms with van der Waals surface area (Å²) in [6, 6.07) is 12.3. The Hall–Kier alpha value is -4.12. The summed E-state index contributed by atoms with van der Waals surface area (Å²) in [4.78, 5) is 15.8. The number of ether oxygens (including phenoxy) is 3. The smallest absolute Gasteiger partial charge is 0.256 e. The van der Waals surface area contributed by atoms with Crippen LogP contribution in [-0.4, -0.2) is 24.3 Å². The molecule has 8 nitrogen and oxygen atoms in total. The number of allylic oxidation sites excluding steroid dienone is 1. The Morgan fingerprint density at radius 2 is 1.86 bits per heavy atom. The number of nitrogens with zero attached hydrogens (tertiary/aromatic N) is 1. The van der Waals surface area contributed by atoms with Crippen LogP contribution in [0.15, 0.2) is 52.6 Å². The van der Waals surface area contributed by atoms with Gasteiger partial charge >= 0.3 is 0 Å². The average Bonchev–Trinajstić information content (AvgIpc) is 2.73. The van der Waals surface area contributed by atoms with Crippen LogP contribution in [0.1, 0.15) is 17.0 Å². The third-order valence-electron chi connectivity index (χ3n) is 4.92. The van der Waals surface area contributed by atoms with E-state index in [4.69, 9.17) is 19.9 Å². The molecular weight excluding hydrogens is 374 g/mol. The Kier molecular flexibility index (Phi) is 4.28. The van der Waals surface area contributed by atoms with Crippen molar-refractivity contribution in [3.8, 4) is 29.1 Å². The number of pyridine rings is 1. The number of phenolic OH excluding ortho intramolecular Hbond substituents is 1. The van der Waals surface area contributed by atoms with Gasteiger partial charge < -0.3 is 30.0 Å². The number of nitrogens with one attached hydrogen (secondary N) is 1. The van der Waals surface area contributed by atoms with Crippen molar-refractivity contribution in [2.75, 3.05) is 14.2 Å². The van der Waals surface area contributed by atoms with E-state index in [0.717, 1.165) is 0 Å². The van der Waals surface area contributed by atoms with Gasteiger partial charge in [0.2, 0.25) is 11.6 Å². The van der Waals surface area contributed by atoms with Crippen molar-refractivity contribution in [2.24, 2.45) is 5.73 Å². The van der Waals surface area contributed by atoms with Crippen molar-refractivity contribution < 1.29 is 19.3 Å². The van der Waals surface area contributed by atoms with Crippen LogP contribution in [0, 0.1) is 11.3 Å².